The van der Waals surface area contributed by atoms with Crippen molar-refractivity contribution in [2.75, 3.05) is 0 Å². The van der Waals surface area contributed by atoms with E-state index in [4.69, 9.17) is 10.8 Å². The van der Waals surface area contributed by atoms with Gasteiger partial charge in [0, 0.05) is 15.7 Å². The van der Waals surface area contributed by atoms with Crippen molar-refractivity contribution in [2.45, 2.75) is 19.4 Å². The van der Waals surface area contributed by atoms with Gasteiger partial charge in [-0.05, 0) is 19.1 Å². The molecule has 0 amide bonds. The number of carbonyl (C=O) groups is 1. The van der Waals surface area contributed by atoms with Crippen LogP contribution in [0.15, 0.2) is 34.8 Å². The van der Waals surface area contributed by atoms with Crippen LogP contribution in [0.5, 0.6) is 0 Å². The molecule has 0 fully saturated rings. The first kappa shape index (κ1) is 14.6. The molecule has 0 aliphatic rings. The van der Waals surface area contributed by atoms with Gasteiger partial charge in [0.15, 0.2) is 0 Å². The Kier molecular flexibility index (Phi) is 4.46. The van der Waals surface area contributed by atoms with Gasteiger partial charge in [-0.2, -0.15) is 0 Å². The standard InChI is InChI=1S/C14H14BrN3O2/c1-8-6-12(9-4-2-3-5-10(9)15)18-14(17-8)11(16)7-13(19)20/h2-6,11H,7,16H2,1H3,(H,19,20). The van der Waals surface area contributed by atoms with E-state index in [1.54, 1.807) is 0 Å². The molecule has 1 aromatic heterocycles. The summed E-state index contributed by atoms with van der Waals surface area (Å²) in [7, 11) is 0. The molecule has 1 unspecified atom stereocenters. The van der Waals surface area contributed by atoms with Crippen molar-refractivity contribution in [3.63, 3.8) is 0 Å². The molecule has 5 nitrogen and oxygen atoms in total. The van der Waals surface area contributed by atoms with Crippen LogP contribution < -0.4 is 5.73 Å². The van der Waals surface area contributed by atoms with Gasteiger partial charge in [-0.3, -0.25) is 4.79 Å². The van der Waals surface area contributed by atoms with E-state index in [9.17, 15) is 4.79 Å². The van der Waals surface area contributed by atoms with Crippen LogP contribution in [0.3, 0.4) is 0 Å². The van der Waals surface area contributed by atoms with Crippen molar-refractivity contribution in [1.82, 2.24) is 9.97 Å². The third kappa shape index (κ3) is 3.40. The van der Waals surface area contributed by atoms with Gasteiger partial charge in [0.05, 0.1) is 18.2 Å². The number of carboxylic acids is 1. The van der Waals surface area contributed by atoms with Crippen molar-refractivity contribution in [3.8, 4) is 11.3 Å². The second-order valence-electron chi connectivity index (χ2n) is 4.44. The van der Waals surface area contributed by atoms with Gasteiger partial charge in [0.1, 0.15) is 5.82 Å². The zero-order chi connectivity index (χ0) is 14.7. The summed E-state index contributed by atoms with van der Waals surface area (Å²) in [5.74, 6) is -0.622. The quantitative estimate of drug-likeness (QED) is 0.896. The van der Waals surface area contributed by atoms with E-state index in [0.717, 1.165) is 21.4 Å². The van der Waals surface area contributed by atoms with Crippen LogP contribution in [-0.4, -0.2) is 21.0 Å². The molecule has 0 saturated heterocycles. The Labute approximate surface area is 125 Å². The Morgan fingerprint density at radius 2 is 2.10 bits per heavy atom. The van der Waals surface area contributed by atoms with E-state index in [2.05, 4.69) is 25.9 Å². The number of benzene rings is 1. The summed E-state index contributed by atoms with van der Waals surface area (Å²) >= 11 is 3.47. The maximum absolute atomic E-state index is 10.7. The molecule has 20 heavy (non-hydrogen) atoms. The number of nitrogens with zero attached hydrogens (tertiary/aromatic N) is 2. The van der Waals surface area contributed by atoms with Crippen LogP contribution in [0.2, 0.25) is 0 Å². The molecule has 0 spiro atoms. The smallest absolute Gasteiger partial charge is 0.305 e. The monoisotopic (exact) mass is 335 g/mol. The fourth-order valence-corrected chi connectivity index (χ4v) is 2.33. The van der Waals surface area contributed by atoms with Crippen molar-refractivity contribution in [2.24, 2.45) is 5.73 Å². The highest BCUT2D eigenvalue weighted by atomic mass is 79.9. The van der Waals surface area contributed by atoms with Crippen LogP contribution >= 0.6 is 15.9 Å². The Balaban J connectivity index is 2.44. The molecule has 2 rings (SSSR count). The van der Waals surface area contributed by atoms with Gasteiger partial charge < -0.3 is 10.8 Å². The summed E-state index contributed by atoms with van der Waals surface area (Å²) < 4.78 is 0.913. The number of nitrogens with two attached hydrogens (primary N) is 1. The summed E-state index contributed by atoms with van der Waals surface area (Å²) in [4.78, 5) is 19.3. The van der Waals surface area contributed by atoms with E-state index >= 15 is 0 Å². The Morgan fingerprint density at radius 3 is 2.75 bits per heavy atom. The highest BCUT2D eigenvalue weighted by molar-refractivity contribution is 9.10. The molecule has 104 valence electrons. The summed E-state index contributed by atoms with van der Waals surface area (Å²) in [6, 6.07) is 8.81. The van der Waals surface area contributed by atoms with Gasteiger partial charge in [-0.15, -0.1) is 0 Å². The van der Waals surface area contributed by atoms with Crippen molar-refractivity contribution in [3.05, 3.63) is 46.3 Å². The molecule has 0 aliphatic heterocycles. The topological polar surface area (TPSA) is 89.1 Å². The number of aryl methyl sites for hydroxylation is 1. The third-order valence-corrected chi connectivity index (χ3v) is 3.44. The van der Waals surface area contributed by atoms with E-state index < -0.39 is 12.0 Å². The lowest BCUT2D eigenvalue weighted by atomic mass is 10.1. The summed E-state index contributed by atoms with van der Waals surface area (Å²) in [5.41, 5.74) is 8.23. The number of halogens is 1. The average molecular weight is 336 g/mol. The first-order chi connectivity index (χ1) is 9.47. The normalized spacial score (nSPS) is 12.2. The van der Waals surface area contributed by atoms with Crippen molar-refractivity contribution < 1.29 is 9.90 Å². The molecule has 1 aromatic carbocycles. The molecule has 0 radical (unpaired) electrons. The molecule has 6 heteroatoms. The van der Waals surface area contributed by atoms with Crippen molar-refractivity contribution in [1.29, 1.82) is 0 Å². The van der Waals surface area contributed by atoms with Gasteiger partial charge in [-0.1, -0.05) is 34.1 Å². The molecular weight excluding hydrogens is 322 g/mol. The van der Waals surface area contributed by atoms with Crippen LogP contribution in [0.4, 0.5) is 0 Å². The van der Waals surface area contributed by atoms with E-state index in [-0.39, 0.29) is 6.42 Å². The Hall–Kier alpha value is -1.79. The van der Waals surface area contributed by atoms with E-state index in [1.807, 2.05) is 37.3 Å². The van der Waals surface area contributed by atoms with Crippen molar-refractivity contribution >= 4 is 21.9 Å². The lowest BCUT2D eigenvalue weighted by Crippen LogP contribution is -2.18. The van der Waals surface area contributed by atoms with Gasteiger partial charge >= 0.3 is 5.97 Å². The fraction of sp³-hybridized carbons (Fsp3) is 0.214. The second kappa shape index (κ2) is 6.11. The molecule has 2 aromatic rings. The number of hydrogen-bond donors (Lipinski definition) is 2. The lowest BCUT2D eigenvalue weighted by Gasteiger charge is -2.11. The number of rotatable bonds is 4. The second-order valence-corrected chi connectivity index (χ2v) is 5.29. The van der Waals surface area contributed by atoms with E-state index in [1.165, 1.54) is 0 Å². The summed E-state index contributed by atoms with van der Waals surface area (Å²) in [6.45, 7) is 1.83. The summed E-state index contributed by atoms with van der Waals surface area (Å²) in [6.07, 6.45) is -0.196. The highest BCUT2D eigenvalue weighted by Gasteiger charge is 2.16. The first-order valence-corrected chi connectivity index (χ1v) is 6.84. The third-order valence-electron chi connectivity index (χ3n) is 2.75. The number of hydrogen-bond acceptors (Lipinski definition) is 4. The van der Waals surface area contributed by atoms with Crippen LogP contribution in [-0.2, 0) is 4.79 Å². The fourth-order valence-electron chi connectivity index (χ4n) is 1.84. The van der Waals surface area contributed by atoms with Gasteiger partial charge in [0.2, 0.25) is 0 Å². The maximum Gasteiger partial charge on any atom is 0.305 e. The molecule has 0 bridgehead atoms. The Morgan fingerprint density at radius 1 is 1.40 bits per heavy atom. The highest BCUT2D eigenvalue weighted by Crippen LogP contribution is 2.27. The average Bonchev–Trinajstić information content (AvgIpc) is 2.37. The minimum Gasteiger partial charge on any atom is -0.481 e. The molecule has 0 aliphatic carbocycles. The molecular formula is C14H14BrN3O2. The lowest BCUT2D eigenvalue weighted by molar-refractivity contribution is -0.137. The minimum absolute atomic E-state index is 0.196. The molecule has 3 N–H and O–H groups in total. The zero-order valence-corrected chi connectivity index (χ0v) is 12.5. The number of aromatic nitrogens is 2. The van der Waals surface area contributed by atoms with E-state index in [0.29, 0.717) is 5.82 Å². The van der Waals surface area contributed by atoms with Crippen LogP contribution in [0, 0.1) is 6.92 Å². The number of aliphatic carboxylic acids is 1. The van der Waals surface area contributed by atoms with Gasteiger partial charge in [-0.25, -0.2) is 9.97 Å². The molecule has 1 heterocycles. The Bertz CT molecular complexity index is 646. The number of carboxylic acid groups (broad SMARTS) is 1. The van der Waals surface area contributed by atoms with Crippen LogP contribution in [0.1, 0.15) is 24.0 Å². The largest absolute Gasteiger partial charge is 0.481 e. The van der Waals surface area contributed by atoms with Gasteiger partial charge in [0.25, 0.3) is 0 Å². The maximum atomic E-state index is 10.7. The molecule has 0 saturated carbocycles. The predicted molar refractivity (Wildman–Crippen MR) is 79.1 cm³/mol. The predicted octanol–water partition coefficient (Wildman–Crippen LogP) is 2.69. The summed E-state index contributed by atoms with van der Waals surface area (Å²) in [5, 5.41) is 8.80. The first-order valence-electron chi connectivity index (χ1n) is 6.05. The molecule has 1 atom stereocenters. The SMILES string of the molecule is Cc1cc(-c2ccccc2Br)nc(C(N)CC(=O)O)n1. The minimum atomic E-state index is -0.968. The zero-order valence-electron chi connectivity index (χ0n) is 10.9. The van der Waals surface area contributed by atoms with Crippen LogP contribution in [0.25, 0.3) is 11.3 Å².